The first-order valence-electron chi connectivity index (χ1n) is 6.60. The molecule has 0 aliphatic carbocycles. The molecule has 2 heterocycles. The molecule has 0 unspecified atom stereocenters. The second-order valence-corrected chi connectivity index (χ2v) is 7.33. The van der Waals surface area contributed by atoms with E-state index in [4.69, 9.17) is 0 Å². The van der Waals surface area contributed by atoms with Gasteiger partial charge in [0.1, 0.15) is 6.33 Å². The van der Waals surface area contributed by atoms with Crippen molar-refractivity contribution in [1.82, 2.24) is 14.6 Å². The average molecular weight is 381 g/mol. The maximum Gasteiger partial charge on any atom is 0.262 e. The van der Waals surface area contributed by atoms with Gasteiger partial charge in [0.2, 0.25) is 0 Å². The molecule has 0 radical (unpaired) electrons. The van der Waals surface area contributed by atoms with Crippen molar-refractivity contribution in [2.45, 2.75) is 18.2 Å². The Morgan fingerprint density at radius 1 is 1.27 bits per heavy atom. The highest BCUT2D eigenvalue weighted by molar-refractivity contribution is 9.10. The Kier molecular flexibility index (Phi) is 3.88. The molecule has 0 aliphatic rings. The first-order valence-corrected chi connectivity index (χ1v) is 8.88. The molecule has 22 heavy (non-hydrogen) atoms. The third-order valence-corrected chi connectivity index (χ3v) is 5.06. The van der Waals surface area contributed by atoms with E-state index < -0.39 is 10.0 Å². The number of anilines is 1. The van der Waals surface area contributed by atoms with Crippen LogP contribution in [0.25, 0.3) is 5.65 Å². The standard InChI is InChI=1S/C14H13BrN4O2S/c1-2-10-3-5-12(6-4-10)22(20,21)18-13-7-11(15)8-19-9-16-17-14(13)19/h3-9,18H,2H2,1H3. The molecular weight excluding hydrogens is 368 g/mol. The van der Waals surface area contributed by atoms with Crippen LogP contribution in [0, 0.1) is 0 Å². The van der Waals surface area contributed by atoms with E-state index in [1.807, 2.05) is 19.1 Å². The van der Waals surface area contributed by atoms with Crippen molar-refractivity contribution < 1.29 is 8.42 Å². The number of nitrogens with one attached hydrogen (secondary N) is 1. The van der Waals surface area contributed by atoms with E-state index >= 15 is 0 Å². The largest absolute Gasteiger partial charge is 0.286 e. The molecule has 6 nitrogen and oxygen atoms in total. The summed E-state index contributed by atoms with van der Waals surface area (Å²) in [5.74, 6) is 0. The normalized spacial score (nSPS) is 11.7. The first-order chi connectivity index (χ1) is 10.5. The van der Waals surface area contributed by atoms with Crippen LogP contribution in [-0.2, 0) is 16.4 Å². The molecule has 1 aromatic carbocycles. The monoisotopic (exact) mass is 380 g/mol. The fourth-order valence-electron chi connectivity index (χ4n) is 2.09. The average Bonchev–Trinajstić information content (AvgIpc) is 2.95. The third kappa shape index (κ3) is 2.84. The molecule has 0 saturated carbocycles. The van der Waals surface area contributed by atoms with Crippen molar-refractivity contribution in [3.63, 3.8) is 0 Å². The Labute approximate surface area is 136 Å². The topological polar surface area (TPSA) is 76.4 Å². The number of aryl methyl sites for hydroxylation is 1. The van der Waals surface area contributed by atoms with Crippen LogP contribution in [-0.4, -0.2) is 23.0 Å². The van der Waals surface area contributed by atoms with Gasteiger partial charge in [0.15, 0.2) is 5.65 Å². The summed E-state index contributed by atoms with van der Waals surface area (Å²) in [6, 6.07) is 8.46. The second-order valence-electron chi connectivity index (χ2n) is 4.74. The molecule has 0 atom stereocenters. The van der Waals surface area contributed by atoms with Crippen LogP contribution in [0.4, 0.5) is 5.69 Å². The lowest BCUT2D eigenvalue weighted by atomic mass is 10.2. The molecular formula is C14H13BrN4O2S. The summed E-state index contributed by atoms with van der Waals surface area (Å²) in [5.41, 5.74) is 1.89. The zero-order chi connectivity index (χ0) is 15.7. The molecule has 3 rings (SSSR count). The molecule has 3 aromatic rings. The van der Waals surface area contributed by atoms with E-state index in [9.17, 15) is 8.42 Å². The zero-order valence-corrected chi connectivity index (χ0v) is 14.1. The lowest BCUT2D eigenvalue weighted by Gasteiger charge is -2.10. The van der Waals surface area contributed by atoms with Crippen molar-refractivity contribution >= 4 is 37.3 Å². The lowest BCUT2D eigenvalue weighted by Crippen LogP contribution is -2.14. The Morgan fingerprint density at radius 3 is 2.68 bits per heavy atom. The van der Waals surface area contributed by atoms with Crippen LogP contribution in [0.5, 0.6) is 0 Å². The number of aromatic nitrogens is 3. The van der Waals surface area contributed by atoms with Gasteiger partial charge in [0.05, 0.1) is 10.6 Å². The highest BCUT2D eigenvalue weighted by Crippen LogP contribution is 2.24. The van der Waals surface area contributed by atoms with Crippen LogP contribution < -0.4 is 4.72 Å². The number of fused-ring (bicyclic) bond motifs is 1. The second kappa shape index (κ2) is 5.69. The number of benzene rings is 1. The van der Waals surface area contributed by atoms with Crippen molar-refractivity contribution in [2.24, 2.45) is 0 Å². The minimum Gasteiger partial charge on any atom is -0.286 e. The quantitative estimate of drug-likeness (QED) is 0.754. The van der Waals surface area contributed by atoms with Gasteiger partial charge in [0.25, 0.3) is 10.0 Å². The van der Waals surface area contributed by atoms with Gasteiger partial charge in [-0.15, -0.1) is 10.2 Å². The van der Waals surface area contributed by atoms with E-state index in [-0.39, 0.29) is 4.90 Å². The molecule has 2 aromatic heterocycles. The number of sulfonamides is 1. The van der Waals surface area contributed by atoms with Crippen LogP contribution >= 0.6 is 15.9 Å². The molecule has 114 valence electrons. The van der Waals surface area contributed by atoms with Gasteiger partial charge in [-0.1, -0.05) is 19.1 Å². The van der Waals surface area contributed by atoms with Crippen molar-refractivity contribution in [2.75, 3.05) is 4.72 Å². The summed E-state index contributed by atoms with van der Waals surface area (Å²) in [4.78, 5) is 0.211. The number of rotatable bonds is 4. The van der Waals surface area contributed by atoms with E-state index in [1.54, 1.807) is 28.8 Å². The highest BCUT2D eigenvalue weighted by atomic mass is 79.9. The molecule has 0 spiro atoms. The molecule has 1 N–H and O–H groups in total. The fourth-order valence-corrected chi connectivity index (χ4v) is 3.59. The SMILES string of the molecule is CCc1ccc(S(=O)(=O)Nc2cc(Br)cn3cnnc23)cc1. The van der Waals surface area contributed by atoms with Crippen LogP contribution in [0.15, 0.2) is 52.2 Å². The van der Waals surface area contributed by atoms with Gasteiger partial charge in [-0.05, 0) is 46.1 Å². The van der Waals surface area contributed by atoms with Gasteiger partial charge in [0, 0.05) is 10.7 Å². The van der Waals surface area contributed by atoms with Gasteiger partial charge >= 0.3 is 0 Å². The maximum absolute atomic E-state index is 12.5. The van der Waals surface area contributed by atoms with E-state index in [0.29, 0.717) is 11.3 Å². The number of halogens is 1. The molecule has 0 aliphatic heterocycles. The van der Waals surface area contributed by atoms with Crippen LogP contribution in [0.1, 0.15) is 12.5 Å². The number of hydrogen-bond acceptors (Lipinski definition) is 4. The predicted molar refractivity (Wildman–Crippen MR) is 87.3 cm³/mol. The zero-order valence-electron chi connectivity index (χ0n) is 11.7. The summed E-state index contributed by atoms with van der Waals surface area (Å²) in [7, 11) is -3.68. The van der Waals surface area contributed by atoms with Crippen molar-refractivity contribution in [3.8, 4) is 0 Å². The van der Waals surface area contributed by atoms with Gasteiger partial charge in [-0.3, -0.25) is 9.12 Å². The molecule has 0 bridgehead atoms. The van der Waals surface area contributed by atoms with Crippen LogP contribution in [0.2, 0.25) is 0 Å². The Hall–Kier alpha value is -1.93. The van der Waals surface area contributed by atoms with Crippen molar-refractivity contribution in [1.29, 1.82) is 0 Å². The lowest BCUT2D eigenvalue weighted by molar-refractivity contribution is 0.601. The van der Waals surface area contributed by atoms with E-state index in [1.165, 1.54) is 6.33 Å². The van der Waals surface area contributed by atoms with Crippen molar-refractivity contribution in [3.05, 3.63) is 52.9 Å². The molecule has 8 heteroatoms. The summed E-state index contributed by atoms with van der Waals surface area (Å²) >= 11 is 3.34. The minimum atomic E-state index is -3.68. The molecule has 0 saturated heterocycles. The summed E-state index contributed by atoms with van der Waals surface area (Å²) in [6.45, 7) is 2.02. The van der Waals surface area contributed by atoms with Crippen LogP contribution in [0.3, 0.4) is 0 Å². The molecule has 0 fully saturated rings. The fraction of sp³-hybridized carbons (Fsp3) is 0.143. The summed E-state index contributed by atoms with van der Waals surface area (Å²) in [6.07, 6.45) is 4.12. The molecule has 0 amide bonds. The number of pyridine rings is 1. The van der Waals surface area contributed by atoms with Gasteiger partial charge in [-0.25, -0.2) is 8.42 Å². The first kappa shape index (κ1) is 15.0. The highest BCUT2D eigenvalue weighted by Gasteiger charge is 2.17. The number of hydrogen-bond donors (Lipinski definition) is 1. The van der Waals surface area contributed by atoms with Gasteiger partial charge < -0.3 is 0 Å². The predicted octanol–water partition coefficient (Wildman–Crippen LogP) is 2.86. The maximum atomic E-state index is 12.5. The summed E-state index contributed by atoms with van der Waals surface area (Å²) < 4.78 is 29.9. The third-order valence-electron chi connectivity index (χ3n) is 3.24. The van der Waals surface area contributed by atoms with E-state index in [0.717, 1.165) is 16.5 Å². The Morgan fingerprint density at radius 2 is 2.00 bits per heavy atom. The smallest absolute Gasteiger partial charge is 0.262 e. The number of nitrogens with zero attached hydrogens (tertiary/aromatic N) is 3. The Bertz CT molecular complexity index is 920. The minimum absolute atomic E-state index is 0.211. The summed E-state index contributed by atoms with van der Waals surface area (Å²) in [5, 5.41) is 7.72. The van der Waals surface area contributed by atoms with E-state index in [2.05, 4.69) is 30.8 Å². The van der Waals surface area contributed by atoms with Gasteiger partial charge in [-0.2, -0.15) is 0 Å². The Balaban J connectivity index is 2.00.